The Balaban J connectivity index is 1.61. The van der Waals surface area contributed by atoms with Gasteiger partial charge in [-0.3, -0.25) is 19.3 Å². The van der Waals surface area contributed by atoms with Crippen LogP contribution in [0.2, 0.25) is 0 Å². The first-order valence-corrected chi connectivity index (χ1v) is 7.39. The normalized spacial score (nSPS) is 18.6. The van der Waals surface area contributed by atoms with Crippen LogP contribution >= 0.6 is 0 Å². The lowest BCUT2D eigenvalue weighted by Gasteiger charge is -2.43. The summed E-state index contributed by atoms with van der Waals surface area (Å²) in [6, 6.07) is 7.26. The molecule has 6 nitrogen and oxygen atoms in total. The average molecular weight is 301 g/mol. The Hall–Kier alpha value is -2.37. The second-order valence-corrected chi connectivity index (χ2v) is 5.96. The maximum atomic E-state index is 12.4. The minimum absolute atomic E-state index is 0.0550. The molecule has 2 aliphatic rings. The van der Waals surface area contributed by atoms with Crippen molar-refractivity contribution in [2.24, 2.45) is 0 Å². The van der Waals surface area contributed by atoms with Crippen molar-refractivity contribution in [3.8, 4) is 0 Å². The van der Waals surface area contributed by atoms with Crippen molar-refractivity contribution in [1.82, 2.24) is 9.80 Å². The summed E-state index contributed by atoms with van der Waals surface area (Å²) >= 11 is 0. The summed E-state index contributed by atoms with van der Waals surface area (Å²) in [5, 5.41) is 0. The Morgan fingerprint density at radius 2 is 1.59 bits per heavy atom. The number of carbonyl (C=O) groups is 3. The molecule has 0 N–H and O–H groups in total. The predicted octanol–water partition coefficient (Wildman–Crippen LogP) is 0.726. The summed E-state index contributed by atoms with van der Waals surface area (Å²) in [7, 11) is 3.89. The van der Waals surface area contributed by atoms with E-state index in [1.54, 1.807) is 17.0 Å². The van der Waals surface area contributed by atoms with Gasteiger partial charge in [-0.15, -0.1) is 0 Å². The smallest absolute Gasteiger partial charge is 0.253 e. The van der Waals surface area contributed by atoms with E-state index in [1.165, 1.54) is 4.90 Å². The fourth-order valence-corrected chi connectivity index (χ4v) is 2.87. The molecule has 3 rings (SSSR count). The molecule has 0 aliphatic carbocycles. The SMILES string of the molecule is CN(C)c1ccc(C(=O)N2CC(N3C(=O)CCC3=O)C2)cc1. The largest absolute Gasteiger partial charge is 0.378 e. The van der Waals surface area contributed by atoms with E-state index in [0.717, 1.165) is 5.69 Å². The molecule has 0 spiro atoms. The van der Waals surface area contributed by atoms with Crippen molar-refractivity contribution < 1.29 is 14.4 Å². The lowest BCUT2D eigenvalue weighted by Crippen LogP contribution is -2.62. The molecule has 2 saturated heterocycles. The zero-order valence-electron chi connectivity index (χ0n) is 12.8. The topological polar surface area (TPSA) is 60.9 Å². The zero-order valence-corrected chi connectivity index (χ0v) is 12.8. The highest BCUT2D eigenvalue weighted by Gasteiger charge is 2.42. The van der Waals surface area contributed by atoms with E-state index in [2.05, 4.69) is 0 Å². The van der Waals surface area contributed by atoms with Crippen LogP contribution in [-0.2, 0) is 9.59 Å². The summed E-state index contributed by atoms with van der Waals surface area (Å²) in [5.74, 6) is -0.282. The molecule has 116 valence electrons. The molecule has 0 atom stereocenters. The van der Waals surface area contributed by atoms with Crippen LogP contribution in [0.4, 0.5) is 5.69 Å². The molecule has 2 fully saturated rings. The summed E-state index contributed by atoms with van der Waals surface area (Å²) in [6.45, 7) is 0.873. The Bertz CT molecular complexity index is 602. The molecular formula is C16H19N3O3. The van der Waals surface area contributed by atoms with Gasteiger partial charge in [-0.1, -0.05) is 0 Å². The second kappa shape index (κ2) is 5.44. The maximum Gasteiger partial charge on any atom is 0.253 e. The Labute approximate surface area is 129 Å². The number of imide groups is 1. The number of carbonyl (C=O) groups excluding carboxylic acids is 3. The Morgan fingerprint density at radius 1 is 1.05 bits per heavy atom. The van der Waals surface area contributed by atoms with Gasteiger partial charge in [0.05, 0.1) is 6.04 Å². The van der Waals surface area contributed by atoms with Gasteiger partial charge in [0.25, 0.3) is 5.91 Å². The fourth-order valence-electron chi connectivity index (χ4n) is 2.87. The predicted molar refractivity (Wildman–Crippen MR) is 81.5 cm³/mol. The van der Waals surface area contributed by atoms with E-state index < -0.39 is 0 Å². The van der Waals surface area contributed by atoms with Crippen LogP contribution in [-0.4, -0.2) is 60.7 Å². The van der Waals surface area contributed by atoms with Crippen LogP contribution in [0.15, 0.2) is 24.3 Å². The van der Waals surface area contributed by atoms with Crippen LogP contribution in [0.3, 0.4) is 0 Å². The molecule has 1 aromatic carbocycles. The molecule has 0 bridgehead atoms. The van der Waals surface area contributed by atoms with Gasteiger partial charge in [-0.05, 0) is 24.3 Å². The zero-order chi connectivity index (χ0) is 15.9. The van der Waals surface area contributed by atoms with Crippen molar-refractivity contribution >= 4 is 23.4 Å². The Morgan fingerprint density at radius 3 is 2.09 bits per heavy atom. The molecule has 3 amide bonds. The monoisotopic (exact) mass is 301 g/mol. The number of hydrogen-bond acceptors (Lipinski definition) is 4. The summed E-state index contributed by atoms with van der Waals surface area (Å²) < 4.78 is 0. The van der Waals surface area contributed by atoms with Crippen molar-refractivity contribution in [2.45, 2.75) is 18.9 Å². The van der Waals surface area contributed by atoms with Crippen LogP contribution in [0.1, 0.15) is 23.2 Å². The van der Waals surface area contributed by atoms with Crippen LogP contribution in [0.5, 0.6) is 0 Å². The van der Waals surface area contributed by atoms with Crippen molar-refractivity contribution in [2.75, 3.05) is 32.1 Å². The van der Waals surface area contributed by atoms with Gasteiger partial charge < -0.3 is 9.80 Å². The van der Waals surface area contributed by atoms with Gasteiger partial charge in [-0.25, -0.2) is 0 Å². The molecule has 2 heterocycles. The third-order valence-corrected chi connectivity index (χ3v) is 4.24. The first kappa shape index (κ1) is 14.6. The fraction of sp³-hybridized carbons (Fsp3) is 0.438. The molecule has 0 aromatic heterocycles. The van der Waals surface area contributed by atoms with E-state index in [-0.39, 0.29) is 23.8 Å². The third-order valence-electron chi connectivity index (χ3n) is 4.24. The quantitative estimate of drug-likeness (QED) is 0.772. The van der Waals surface area contributed by atoms with E-state index in [0.29, 0.717) is 31.5 Å². The summed E-state index contributed by atoms with van der Waals surface area (Å²) in [4.78, 5) is 40.7. The van der Waals surface area contributed by atoms with Crippen LogP contribution in [0.25, 0.3) is 0 Å². The number of rotatable bonds is 3. The number of benzene rings is 1. The van der Waals surface area contributed by atoms with E-state index >= 15 is 0 Å². The molecule has 2 aliphatic heterocycles. The van der Waals surface area contributed by atoms with Crippen molar-refractivity contribution in [1.29, 1.82) is 0 Å². The Kier molecular flexibility index (Phi) is 3.60. The van der Waals surface area contributed by atoms with Gasteiger partial charge in [0, 0.05) is 51.3 Å². The second-order valence-electron chi connectivity index (χ2n) is 5.96. The van der Waals surface area contributed by atoms with Gasteiger partial charge in [0.2, 0.25) is 11.8 Å². The first-order chi connectivity index (χ1) is 10.5. The minimum Gasteiger partial charge on any atom is -0.378 e. The highest BCUT2D eigenvalue weighted by Crippen LogP contribution is 2.24. The van der Waals surface area contributed by atoms with Gasteiger partial charge >= 0.3 is 0 Å². The lowest BCUT2D eigenvalue weighted by atomic mass is 10.0. The van der Waals surface area contributed by atoms with Crippen LogP contribution < -0.4 is 4.90 Å². The molecule has 6 heteroatoms. The summed E-state index contributed by atoms with van der Waals surface area (Å²) in [5.41, 5.74) is 1.66. The highest BCUT2D eigenvalue weighted by atomic mass is 16.2. The molecule has 22 heavy (non-hydrogen) atoms. The highest BCUT2D eigenvalue weighted by molar-refractivity contribution is 6.03. The lowest BCUT2D eigenvalue weighted by molar-refractivity contribution is -0.144. The third kappa shape index (κ3) is 2.45. The standard InChI is InChI=1S/C16H19N3O3/c1-17(2)12-5-3-11(4-6-12)16(22)18-9-13(10-18)19-14(20)7-8-15(19)21/h3-6,13H,7-10H2,1-2H3. The van der Waals surface area contributed by atoms with Crippen molar-refractivity contribution in [3.05, 3.63) is 29.8 Å². The van der Waals surface area contributed by atoms with E-state index in [4.69, 9.17) is 0 Å². The van der Waals surface area contributed by atoms with E-state index in [9.17, 15) is 14.4 Å². The first-order valence-electron chi connectivity index (χ1n) is 7.39. The molecule has 1 aromatic rings. The minimum atomic E-state index is -0.146. The number of nitrogens with zero attached hydrogens (tertiary/aromatic N) is 3. The van der Waals surface area contributed by atoms with Gasteiger partial charge in [0.1, 0.15) is 0 Å². The van der Waals surface area contributed by atoms with E-state index in [1.807, 2.05) is 31.1 Å². The van der Waals surface area contributed by atoms with Gasteiger partial charge in [-0.2, -0.15) is 0 Å². The molecule has 0 saturated carbocycles. The van der Waals surface area contributed by atoms with Crippen LogP contribution in [0, 0.1) is 0 Å². The number of amides is 3. The number of hydrogen-bond donors (Lipinski definition) is 0. The summed E-state index contributed by atoms with van der Waals surface area (Å²) in [6.07, 6.45) is 0.602. The number of likely N-dealkylation sites (tertiary alicyclic amines) is 2. The average Bonchev–Trinajstić information content (AvgIpc) is 2.78. The molecular weight excluding hydrogens is 282 g/mol. The molecule has 0 radical (unpaired) electrons. The van der Waals surface area contributed by atoms with Gasteiger partial charge in [0.15, 0.2) is 0 Å². The molecule has 0 unspecified atom stereocenters. The maximum absolute atomic E-state index is 12.4. The van der Waals surface area contributed by atoms with Crippen molar-refractivity contribution in [3.63, 3.8) is 0 Å². The number of anilines is 1.